The van der Waals surface area contributed by atoms with E-state index >= 15 is 0 Å². The Labute approximate surface area is 86.4 Å². The Morgan fingerprint density at radius 2 is 1.60 bits per heavy atom. The molecule has 0 unspecified atom stereocenters. The highest BCUT2D eigenvalue weighted by Gasteiger charge is 2.00. The average Bonchev–Trinajstić information content (AvgIpc) is 2.01. The van der Waals surface area contributed by atoms with Crippen molar-refractivity contribution in [2.24, 2.45) is 0 Å². The molecule has 7 heteroatoms. The lowest BCUT2D eigenvalue weighted by atomic mass is 10.3. The summed E-state index contributed by atoms with van der Waals surface area (Å²) in [7, 11) is -4.64. The van der Waals surface area contributed by atoms with Crippen LogP contribution in [0.4, 0.5) is 0 Å². The van der Waals surface area contributed by atoms with Gasteiger partial charge in [-0.1, -0.05) is 18.2 Å². The molecule has 84 valence electrons. The molecule has 0 radical (unpaired) electrons. The Morgan fingerprint density at radius 3 is 1.93 bits per heavy atom. The molecule has 1 rings (SSSR count). The predicted octanol–water partition coefficient (Wildman–Crippen LogP) is 0.683. The second-order valence-electron chi connectivity index (χ2n) is 2.42. The lowest BCUT2D eigenvalue weighted by molar-refractivity contribution is -0.131. The first kappa shape index (κ1) is 13.8. The molecule has 0 saturated carbocycles. The number of esters is 1. The average molecular weight is 234 g/mol. The first-order chi connectivity index (χ1) is 6.79. The van der Waals surface area contributed by atoms with Crippen molar-refractivity contribution in [3.05, 3.63) is 30.3 Å². The van der Waals surface area contributed by atoms with Crippen LogP contribution in [0.5, 0.6) is 5.75 Å². The number of carbonyl (C=O) groups is 1. The van der Waals surface area contributed by atoms with Crippen LogP contribution < -0.4 is 4.74 Å². The Bertz CT molecular complexity index is 335. The summed E-state index contributed by atoms with van der Waals surface area (Å²) in [5.41, 5.74) is 0. The summed E-state index contributed by atoms with van der Waals surface area (Å²) >= 11 is 0. The highest BCUT2D eigenvalue weighted by Crippen LogP contribution is 2.25. The molecule has 0 amide bonds. The van der Waals surface area contributed by atoms with Crippen LogP contribution in [0.2, 0.25) is 0 Å². The zero-order chi connectivity index (χ0) is 11.9. The largest absolute Gasteiger partial charge is 0.466 e. The summed E-state index contributed by atoms with van der Waals surface area (Å²) in [5.74, 6) is 0.307. The van der Waals surface area contributed by atoms with Gasteiger partial charge in [-0.05, 0) is 12.1 Å². The fourth-order valence-electron chi connectivity index (χ4n) is 0.655. The van der Waals surface area contributed by atoms with E-state index in [1.807, 2.05) is 18.2 Å². The molecule has 0 aliphatic heterocycles. The van der Waals surface area contributed by atoms with E-state index in [0.717, 1.165) is 0 Å². The monoisotopic (exact) mass is 234 g/mol. The number of para-hydroxylation sites is 1. The van der Waals surface area contributed by atoms with Crippen LogP contribution in [0.1, 0.15) is 6.92 Å². The number of carbonyl (C=O) groups excluding carboxylic acids is 1. The predicted molar refractivity (Wildman–Crippen MR) is 52.0 cm³/mol. The van der Waals surface area contributed by atoms with Crippen LogP contribution in [0.3, 0.4) is 0 Å². The van der Waals surface area contributed by atoms with Gasteiger partial charge in [0, 0.05) is 6.92 Å². The Kier molecular flexibility index (Phi) is 5.81. The molecule has 0 saturated heterocycles. The number of rotatable bonds is 1. The van der Waals surface area contributed by atoms with E-state index in [4.69, 9.17) is 24.0 Å². The van der Waals surface area contributed by atoms with Gasteiger partial charge in [-0.25, -0.2) is 4.57 Å². The summed E-state index contributed by atoms with van der Waals surface area (Å²) in [6, 6.07) is 8.98. The number of hydrogen-bond donors (Lipinski definition) is 3. The second kappa shape index (κ2) is 6.31. The first-order valence-corrected chi connectivity index (χ1v) is 5.37. The molecule has 0 aliphatic rings. The maximum absolute atomic E-state index is 10.4. The summed E-state index contributed by atoms with van der Waals surface area (Å²) in [6.45, 7) is 1.38. The van der Waals surface area contributed by atoms with Crippen molar-refractivity contribution in [1.29, 1.82) is 0 Å². The van der Waals surface area contributed by atoms with Crippen molar-refractivity contribution in [2.75, 3.05) is 0 Å². The topological polar surface area (TPSA) is 104 Å². The zero-order valence-electron chi connectivity index (χ0n) is 7.90. The highest BCUT2D eigenvalue weighted by molar-refractivity contribution is 7.45. The molecule has 15 heavy (non-hydrogen) atoms. The standard InChI is InChI=1S/C8H8O2.H3O4P/c1-7(9)10-8-5-3-2-4-6-8;1-5(2,3)4/h2-6H,1H3;(H3,1,2,3,4). The quantitative estimate of drug-likeness (QED) is 0.375. The smallest absolute Gasteiger partial charge is 0.427 e. The van der Waals surface area contributed by atoms with E-state index in [0.29, 0.717) is 5.75 Å². The number of hydrogen-bond acceptors (Lipinski definition) is 3. The summed E-state index contributed by atoms with van der Waals surface area (Å²) in [5, 5.41) is 0. The molecule has 1 aromatic carbocycles. The molecule has 0 spiro atoms. The minimum absolute atomic E-state index is 0.286. The molecule has 6 nitrogen and oxygen atoms in total. The van der Waals surface area contributed by atoms with E-state index in [2.05, 4.69) is 0 Å². The molecule has 0 heterocycles. The van der Waals surface area contributed by atoms with Crippen molar-refractivity contribution in [1.82, 2.24) is 0 Å². The summed E-state index contributed by atoms with van der Waals surface area (Å²) in [4.78, 5) is 32.0. The van der Waals surface area contributed by atoms with Crippen molar-refractivity contribution in [2.45, 2.75) is 6.92 Å². The van der Waals surface area contributed by atoms with E-state index in [-0.39, 0.29) is 5.97 Å². The van der Waals surface area contributed by atoms with Gasteiger partial charge in [0.05, 0.1) is 0 Å². The van der Waals surface area contributed by atoms with Crippen LogP contribution in [0.25, 0.3) is 0 Å². The van der Waals surface area contributed by atoms with Gasteiger partial charge in [0.15, 0.2) is 0 Å². The molecule has 0 fully saturated rings. The van der Waals surface area contributed by atoms with Gasteiger partial charge in [0.2, 0.25) is 0 Å². The van der Waals surface area contributed by atoms with Gasteiger partial charge in [0.1, 0.15) is 5.75 Å². The van der Waals surface area contributed by atoms with Crippen LogP contribution >= 0.6 is 7.82 Å². The minimum atomic E-state index is -4.64. The maximum Gasteiger partial charge on any atom is 0.466 e. The van der Waals surface area contributed by atoms with E-state index in [1.54, 1.807) is 12.1 Å². The SMILES string of the molecule is CC(=O)Oc1ccccc1.O=P(O)(O)O. The molecule has 0 atom stereocenters. The second-order valence-corrected chi connectivity index (χ2v) is 3.45. The Morgan fingerprint density at radius 1 is 1.20 bits per heavy atom. The maximum atomic E-state index is 10.4. The normalized spacial score (nSPS) is 9.87. The van der Waals surface area contributed by atoms with Crippen LogP contribution in [0.15, 0.2) is 30.3 Å². The van der Waals surface area contributed by atoms with E-state index in [1.165, 1.54) is 6.92 Å². The lowest BCUT2D eigenvalue weighted by Crippen LogP contribution is -2.00. The molecule has 0 aliphatic carbocycles. The van der Waals surface area contributed by atoms with E-state index in [9.17, 15) is 4.79 Å². The van der Waals surface area contributed by atoms with Crippen molar-refractivity contribution in [3.63, 3.8) is 0 Å². The van der Waals surface area contributed by atoms with Gasteiger partial charge in [-0.3, -0.25) is 4.79 Å². The third-order valence-electron chi connectivity index (χ3n) is 1.00. The molecular formula is C8H11O6P. The van der Waals surface area contributed by atoms with Crippen LogP contribution in [0, 0.1) is 0 Å². The van der Waals surface area contributed by atoms with Crippen molar-refractivity contribution in [3.8, 4) is 5.75 Å². The zero-order valence-corrected chi connectivity index (χ0v) is 8.79. The number of benzene rings is 1. The fraction of sp³-hybridized carbons (Fsp3) is 0.125. The van der Waals surface area contributed by atoms with Gasteiger partial charge < -0.3 is 19.4 Å². The van der Waals surface area contributed by atoms with Gasteiger partial charge >= 0.3 is 13.8 Å². The summed E-state index contributed by atoms with van der Waals surface area (Å²) < 4.78 is 13.7. The molecule has 3 N–H and O–H groups in total. The molecule has 0 aromatic heterocycles. The number of phosphoric acid groups is 1. The number of ether oxygens (including phenoxy) is 1. The van der Waals surface area contributed by atoms with Gasteiger partial charge in [-0.2, -0.15) is 0 Å². The third-order valence-corrected chi connectivity index (χ3v) is 1.00. The summed E-state index contributed by atoms with van der Waals surface area (Å²) in [6.07, 6.45) is 0. The van der Waals surface area contributed by atoms with Crippen LogP contribution in [-0.4, -0.2) is 20.6 Å². The van der Waals surface area contributed by atoms with Gasteiger partial charge in [0.25, 0.3) is 0 Å². The fourth-order valence-corrected chi connectivity index (χ4v) is 0.655. The highest BCUT2D eigenvalue weighted by atomic mass is 31.2. The Balaban J connectivity index is 0.000000336. The third kappa shape index (κ3) is 12.8. The molecule has 0 bridgehead atoms. The molecule has 1 aromatic rings. The minimum Gasteiger partial charge on any atom is -0.427 e. The van der Waals surface area contributed by atoms with E-state index < -0.39 is 7.82 Å². The molecular weight excluding hydrogens is 223 g/mol. The van der Waals surface area contributed by atoms with Crippen LogP contribution in [-0.2, 0) is 9.36 Å². The first-order valence-electron chi connectivity index (χ1n) is 3.81. The van der Waals surface area contributed by atoms with Crippen molar-refractivity contribution < 1.29 is 28.8 Å². The lowest BCUT2D eigenvalue weighted by Gasteiger charge is -1.97. The Hall–Kier alpha value is -1.20. The van der Waals surface area contributed by atoms with Gasteiger partial charge in [-0.15, -0.1) is 0 Å². The van der Waals surface area contributed by atoms with Crippen molar-refractivity contribution >= 4 is 13.8 Å².